The Morgan fingerprint density at radius 1 is 1.26 bits per heavy atom. The molecule has 0 saturated carbocycles. The SMILES string of the molecule is O=C1CCC(NC(=O)c2cc(F)c(F)c(F)c2)CN1. The highest BCUT2D eigenvalue weighted by molar-refractivity contribution is 5.94. The Morgan fingerprint density at radius 3 is 2.42 bits per heavy atom. The standard InChI is InChI=1S/C12H11F3N2O2/c13-8-3-6(4-9(14)11(8)15)12(19)17-7-1-2-10(18)16-5-7/h3-4,7H,1-2,5H2,(H,16,18)(H,17,19). The zero-order valence-electron chi connectivity index (χ0n) is 9.80. The van der Waals surface area contributed by atoms with Crippen molar-refractivity contribution in [2.45, 2.75) is 18.9 Å². The van der Waals surface area contributed by atoms with Crippen LogP contribution in [-0.2, 0) is 4.79 Å². The van der Waals surface area contributed by atoms with E-state index in [0.29, 0.717) is 18.6 Å². The largest absolute Gasteiger partial charge is 0.354 e. The number of amides is 2. The maximum Gasteiger partial charge on any atom is 0.251 e. The second kappa shape index (κ2) is 5.29. The Kier molecular flexibility index (Phi) is 3.73. The van der Waals surface area contributed by atoms with Crippen LogP contribution >= 0.6 is 0 Å². The van der Waals surface area contributed by atoms with Gasteiger partial charge in [0.15, 0.2) is 17.5 Å². The lowest BCUT2D eigenvalue weighted by Gasteiger charge is -2.23. The third-order valence-electron chi connectivity index (χ3n) is 2.85. The van der Waals surface area contributed by atoms with Gasteiger partial charge in [-0.05, 0) is 18.6 Å². The van der Waals surface area contributed by atoms with Crippen molar-refractivity contribution in [3.8, 4) is 0 Å². The summed E-state index contributed by atoms with van der Waals surface area (Å²) >= 11 is 0. The van der Waals surface area contributed by atoms with Gasteiger partial charge in [0.25, 0.3) is 5.91 Å². The second-order valence-corrected chi connectivity index (χ2v) is 4.27. The molecule has 2 N–H and O–H groups in total. The van der Waals surface area contributed by atoms with E-state index in [4.69, 9.17) is 0 Å². The fraction of sp³-hybridized carbons (Fsp3) is 0.333. The molecule has 102 valence electrons. The highest BCUT2D eigenvalue weighted by Crippen LogP contribution is 2.14. The first-order chi connectivity index (χ1) is 8.97. The first-order valence-corrected chi connectivity index (χ1v) is 5.69. The van der Waals surface area contributed by atoms with E-state index in [2.05, 4.69) is 10.6 Å². The number of hydrogen-bond donors (Lipinski definition) is 2. The molecule has 1 aliphatic heterocycles. The minimum atomic E-state index is -1.61. The van der Waals surface area contributed by atoms with Crippen molar-refractivity contribution < 1.29 is 22.8 Å². The van der Waals surface area contributed by atoms with Crippen molar-refractivity contribution in [3.63, 3.8) is 0 Å². The molecule has 1 aromatic rings. The molecule has 1 fully saturated rings. The van der Waals surface area contributed by atoms with E-state index in [1.54, 1.807) is 0 Å². The molecule has 1 aromatic carbocycles. The van der Waals surface area contributed by atoms with Crippen molar-refractivity contribution in [2.75, 3.05) is 6.54 Å². The van der Waals surface area contributed by atoms with Gasteiger partial charge in [-0.15, -0.1) is 0 Å². The van der Waals surface area contributed by atoms with Crippen molar-refractivity contribution in [3.05, 3.63) is 35.1 Å². The van der Waals surface area contributed by atoms with E-state index in [9.17, 15) is 22.8 Å². The summed E-state index contributed by atoms with van der Waals surface area (Å²) in [7, 11) is 0. The van der Waals surface area contributed by atoms with Crippen LogP contribution in [0.5, 0.6) is 0 Å². The molecule has 1 heterocycles. The van der Waals surface area contributed by atoms with Gasteiger partial charge >= 0.3 is 0 Å². The molecule has 0 aromatic heterocycles. The first-order valence-electron chi connectivity index (χ1n) is 5.69. The summed E-state index contributed by atoms with van der Waals surface area (Å²) < 4.78 is 38.7. The number of nitrogens with one attached hydrogen (secondary N) is 2. The van der Waals surface area contributed by atoms with E-state index < -0.39 is 23.4 Å². The van der Waals surface area contributed by atoms with Crippen molar-refractivity contribution in [1.82, 2.24) is 10.6 Å². The summed E-state index contributed by atoms with van der Waals surface area (Å²) in [5.74, 6) is -5.26. The van der Waals surface area contributed by atoms with E-state index >= 15 is 0 Å². The van der Waals surface area contributed by atoms with Crippen LogP contribution in [0.3, 0.4) is 0 Å². The molecule has 0 radical (unpaired) electrons. The van der Waals surface area contributed by atoms with Gasteiger partial charge in [0.1, 0.15) is 0 Å². The third-order valence-corrected chi connectivity index (χ3v) is 2.85. The summed E-state index contributed by atoms with van der Waals surface area (Å²) in [6, 6.07) is 0.964. The summed E-state index contributed by atoms with van der Waals surface area (Å²) in [5.41, 5.74) is -0.298. The number of hydrogen-bond acceptors (Lipinski definition) is 2. The third kappa shape index (κ3) is 3.04. The number of carbonyl (C=O) groups is 2. The number of carbonyl (C=O) groups excluding carboxylic acids is 2. The lowest BCUT2D eigenvalue weighted by molar-refractivity contribution is -0.122. The maximum absolute atomic E-state index is 13.0. The van der Waals surface area contributed by atoms with Gasteiger partial charge < -0.3 is 10.6 Å². The zero-order valence-corrected chi connectivity index (χ0v) is 9.80. The van der Waals surface area contributed by atoms with Crippen LogP contribution in [0.4, 0.5) is 13.2 Å². The van der Waals surface area contributed by atoms with E-state index in [-0.39, 0.29) is 30.5 Å². The molecule has 1 unspecified atom stereocenters. The predicted octanol–water partition coefficient (Wildman–Crippen LogP) is 1.11. The molecule has 2 rings (SSSR count). The lowest BCUT2D eigenvalue weighted by Crippen LogP contribution is -2.47. The van der Waals surface area contributed by atoms with Crippen LogP contribution in [-0.4, -0.2) is 24.4 Å². The maximum atomic E-state index is 13.0. The van der Waals surface area contributed by atoms with Gasteiger partial charge in [0, 0.05) is 24.6 Å². The molecule has 1 atom stereocenters. The molecular formula is C12H11F3N2O2. The summed E-state index contributed by atoms with van der Waals surface area (Å²) in [6.45, 7) is 0.261. The average molecular weight is 272 g/mol. The van der Waals surface area contributed by atoms with Crippen molar-refractivity contribution in [2.24, 2.45) is 0 Å². The van der Waals surface area contributed by atoms with Crippen LogP contribution in [0.1, 0.15) is 23.2 Å². The van der Waals surface area contributed by atoms with Crippen molar-refractivity contribution >= 4 is 11.8 Å². The normalized spacial score (nSPS) is 18.9. The van der Waals surface area contributed by atoms with E-state index in [1.807, 2.05) is 0 Å². The Hall–Kier alpha value is -2.05. The van der Waals surface area contributed by atoms with Crippen LogP contribution < -0.4 is 10.6 Å². The molecule has 19 heavy (non-hydrogen) atoms. The van der Waals surface area contributed by atoms with Crippen LogP contribution in [0.15, 0.2) is 12.1 Å². The second-order valence-electron chi connectivity index (χ2n) is 4.27. The molecule has 2 amide bonds. The molecule has 1 saturated heterocycles. The smallest absolute Gasteiger partial charge is 0.251 e. The first kappa shape index (κ1) is 13.4. The monoisotopic (exact) mass is 272 g/mol. The molecule has 0 aliphatic carbocycles. The minimum Gasteiger partial charge on any atom is -0.354 e. The van der Waals surface area contributed by atoms with E-state index in [1.165, 1.54) is 0 Å². The Balaban J connectivity index is 2.06. The predicted molar refractivity (Wildman–Crippen MR) is 59.8 cm³/mol. The van der Waals surface area contributed by atoms with Gasteiger partial charge in [0.2, 0.25) is 5.91 Å². The molecule has 7 heteroatoms. The number of rotatable bonds is 2. The lowest BCUT2D eigenvalue weighted by atomic mass is 10.1. The van der Waals surface area contributed by atoms with Gasteiger partial charge in [-0.3, -0.25) is 9.59 Å². The number of benzene rings is 1. The minimum absolute atomic E-state index is 0.107. The molecular weight excluding hydrogens is 261 g/mol. The Bertz CT molecular complexity index is 501. The molecule has 4 nitrogen and oxygen atoms in total. The molecule has 1 aliphatic rings. The van der Waals surface area contributed by atoms with E-state index in [0.717, 1.165) is 0 Å². The quantitative estimate of drug-likeness (QED) is 0.792. The van der Waals surface area contributed by atoms with Gasteiger partial charge in [-0.25, -0.2) is 13.2 Å². The summed E-state index contributed by atoms with van der Waals surface area (Å²) in [6.07, 6.45) is 0.723. The fourth-order valence-corrected chi connectivity index (χ4v) is 1.81. The topological polar surface area (TPSA) is 58.2 Å². The van der Waals surface area contributed by atoms with Crippen LogP contribution in [0.2, 0.25) is 0 Å². The average Bonchev–Trinajstić information content (AvgIpc) is 2.38. The van der Waals surface area contributed by atoms with Gasteiger partial charge in [-0.2, -0.15) is 0 Å². The zero-order chi connectivity index (χ0) is 14.0. The summed E-state index contributed by atoms with van der Waals surface area (Å²) in [4.78, 5) is 22.7. The Labute approximate surface area is 107 Å². The van der Waals surface area contributed by atoms with Crippen LogP contribution in [0.25, 0.3) is 0 Å². The molecule has 0 bridgehead atoms. The fourth-order valence-electron chi connectivity index (χ4n) is 1.81. The van der Waals surface area contributed by atoms with Gasteiger partial charge in [-0.1, -0.05) is 0 Å². The summed E-state index contributed by atoms with van der Waals surface area (Å²) in [5, 5.41) is 5.08. The highest BCUT2D eigenvalue weighted by Gasteiger charge is 2.21. The Morgan fingerprint density at radius 2 is 1.89 bits per heavy atom. The van der Waals surface area contributed by atoms with Gasteiger partial charge in [0.05, 0.1) is 0 Å². The van der Waals surface area contributed by atoms with Crippen LogP contribution in [0, 0.1) is 17.5 Å². The van der Waals surface area contributed by atoms with Crippen molar-refractivity contribution in [1.29, 1.82) is 0 Å². The highest BCUT2D eigenvalue weighted by atomic mass is 19.2. The molecule has 0 spiro atoms. The number of piperidine rings is 1. The number of halogens is 3.